The van der Waals surface area contributed by atoms with Crippen molar-refractivity contribution in [3.8, 4) is 11.1 Å². The van der Waals surface area contributed by atoms with Gasteiger partial charge in [-0.3, -0.25) is 14.8 Å². The monoisotopic (exact) mass is 474 g/mol. The van der Waals surface area contributed by atoms with E-state index in [0.717, 1.165) is 35.1 Å². The van der Waals surface area contributed by atoms with E-state index in [4.69, 9.17) is 4.74 Å². The first-order valence-corrected chi connectivity index (χ1v) is 11.6. The minimum atomic E-state index is -1.02. The number of carboxylic acid groups (broad SMARTS) is 1. The molecule has 9 nitrogen and oxygen atoms in total. The highest BCUT2D eigenvalue weighted by atomic mass is 16.5. The Labute approximate surface area is 202 Å². The van der Waals surface area contributed by atoms with Crippen LogP contribution in [0, 0.1) is 0 Å². The van der Waals surface area contributed by atoms with E-state index in [1.807, 2.05) is 36.4 Å². The van der Waals surface area contributed by atoms with E-state index in [-0.39, 0.29) is 24.0 Å². The summed E-state index contributed by atoms with van der Waals surface area (Å²) < 4.78 is 6.89. The number of fused-ring (bicyclic) bond motifs is 3. The molecule has 2 amide bonds. The highest BCUT2D eigenvalue weighted by Gasteiger charge is 2.34. The normalized spacial score (nSPS) is 16.9. The number of carboxylic acids is 1. The van der Waals surface area contributed by atoms with Gasteiger partial charge in [-0.05, 0) is 41.5 Å². The van der Waals surface area contributed by atoms with Crippen LogP contribution in [0.1, 0.15) is 46.8 Å². The maximum atomic E-state index is 13.0. The molecule has 0 radical (unpaired) electrons. The summed E-state index contributed by atoms with van der Waals surface area (Å²) in [5.41, 5.74) is 4.71. The minimum Gasteiger partial charge on any atom is -0.480 e. The van der Waals surface area contributed by atoms with Crippen molar-refractivity contribution >= 4 is 23.8 Å². The average molecular weight is 475 g/mol. The summed E-state index contributed by atoms with van der Waals surface area (Å²) in [6.07, 6.45) is 1.26. The molecule has 3 aromatic rings. The Hall–Kier alpha value is -4.14. The first kappa shape index (κ1) is 22.6. The van der Waals surface area contributed by atoms with Crippen molar-refractivity contribution in [2.75, 3.05) is 18.5 Å². The van der Waals surface area contributed by atoms with E-state index in [1.54, 1.807) is 7.05 Å². The predicted octanol–water partition coefficient (Wildman–Crippen LogP) is 3.86. The zero-order chi connectivity index (χ0) is 24.5. The van der Waals surface area contributed by atoms with Crippen LogP contribution < -0.4 is 5.32 Å². The molecule has 1 unspecified atom stereocenters. The molecule has 2 N–H and O–H groups in total. The number of nitrogens with one attached hydrogen (secondary N) is 1. The zero-order valence-corrected chi connectivity index (χ0v) is 19.3. The number of piperidine rings is 1. The molecule has 0 spiro atoms. The lowest BCUT2D eigenvalue weighted by molar-refractivity contribution is -0.143. The minimum absolute atomic E-state index is 0.0684. The molecular formula is C26H26N4O5. The number of amides is 2. The number of anilines is 1. The van der Waals surface area contributed by atoms with Gasteiger partial charge in [0.25, 0.3) is 5.91 Å². The van der Waals surface area contributed by atoms with Gasteiger partial charge in [0.2, 0.25) is 0 Å². The second kappa shape index (κ2) is 9.25. The Bertz CT molecular complexity index is 1250. The lowest BCUT2D eigenvalue weighted by atomic mass is 9.98. The molecule has 1 aromatic heterocycles. The van der Waals surface area contributed by atoms with Crippen LogP contribution in [0.2, 0.25) is 0 Å². The molecule has 9 heteroatoms. The molecule has 0 saturated carbocycles. The lowest BCUT2D eigenvalue weighted by Crippen LogP contribution is -2.48. The molecule has 1 atom stereocenters. The topological polar surface area (TPSA) is 114 Å². The largest absolute Gasteiger partial charge is 0.480 e. The number of aromatic nitrogens is 2. The van der Waals surface area contributed by atoms with Crippen LogP contribution in [0.25, 0.3) is 11.1 Å². The zero-order valence-electron chi connectivity index (χ0n) is 19.3. The summed E-state index contributed by atoms with van der Waals surface area (Å²) >= 11 is 0. The molecule has 1 aliphatic carbocycles. The number of hydrogen-bond acceptors (Lipinski definition) is 5. The highest BCUT2D eigenvalue weighted by Crippen LogP contribution is 2.44. The maximum Gasteiger partial charge on any atom is 0.412 e. The summed E-state index contributed by atoms with van der Waals surface area (Å²) in [6.45, 7) is 0.530. The molecule has 2 heterocycles. The molecule has 2 aliphatic rings. The predicted molar refractivity (Wildman–Crippen MR) is 128 cm³/mol. The average Bonchev–Trinajstić information content (AvgIpc) is 3.39. The highest BCUT2D eigenvalue weighted by molar-refractivity contribution is 5.97. The summed E-state index contributed by atoms with van der Waals surface area (Å²) in [6, 6.07) is 16.7. The van der Waals surface area contributed by atoms with Gasteiger partial charge in [0.05, 0.1) is 0 Å². The van der Waals surface area contributed by atoms with Crippen LogP contribution in [0.15, 0.2) is 54.6 Å². The van der Waals surface area contributed by atoms with E-state index < -0.39 is 24.0 Å². The maximum absolute atomic E-state index is 13.0. The molecular weight excluding hydrogens is 448 g/mol. The van der Waals surface area contributed by atoms with Gasteiger partial charge in [-0.25, -0.2) is 9.59 Å². The van der Waals surface area contributed by atoms with Crippen LogP contribution in [-0.4, -0.2) is 57.0 Å². The number of aryl methyl sites for hydroxylation is 1. The van der Waals surface area contributed by atoms with Crippen LogP contribution in [0.3, 0.4) is 0 Å². The van der Waals surface area contributed by atoms with Crippen LogP contribution in [-0.2, 0) is 16.6 Å². The third kappa shape index (κ3) is 4.25. The van der Waals surface area contributed by atoms with Crippen molar-refractivity contribution in [3.63, 3.8) is 0 Å². The third-order valence-electron chi connectivity index (χ3n) is 6.72. The number of ether oxygens (including phenoxy) is 1. The van der Waals surface area contributed by atoms with Crippen molar-refractivity contribution in [1.82, 2.24) is 14.7 Å². The Morgan fingerprint density at radius 2 is 1.71 bits per heavy atom. The number of carbonyl (C=O) groups excluding carboxylic acids is 2. The fraction of sp³-hybridized carbons (Fsp3) is 0.308. The first-order valence-electron chi connectivity index (χ1n) is 11.6. The van der Waals surface area contributed by atoms with E-state index in [0.29, 0.717) is 13.0 Å². The summed E-state index contributed by atoms with van der Waals surface area (Å²) in [5.74, 6) is -1.34. The van der Waals surface area contributed by atoms with E-state index >= 15 is 0 Å². The number of aliphatic carboxylic acids is 1. The second-order valence-corrected chi connectivity index (χ2v) is 8.84. The van der Waals surface area contributed by atoms with Crippen molar-refractivity contribution < 1.29 is 24.2 Å². The number of carbonyl (C=O) groups is 3. The van der Waals surface area contributed by atoms with E-state index in [1.165, 1.54) is 15.6 Å². The number of rotatable bonds is 5. The number of benzene rings is 2. The number of likely N-dealkylation sites (tertiary alicyclic amines) is 1. The Balaban J connectivity index is 1.26. The molecule has 1 fully saturated rings. The van der Waals surface area contributed by atoms with Crippen LogP contribution in [0.4, 0.5) is 10.6 Å². The SMILES string of the molecule is Cn1nc(NC(=O)OCC2c3ccccc3-c3ccccc32)cc1C(=O)N1CCCCC1C(=O)O. The molecule has 180 valence electrons. The van der Waals surface area contributed by atoms with Crippen LogP contribution in [0.5, 0.6) is 0 Å². The van der Waals surface area contributed by atoms with Gasteiger partial charge in [-0.1, -0.05) is 48.5 Å². The molecule has 5 rings (SSSR count). The molecule has 2 aromatic carbocycles. The molecule has 0 bridgehead atoms. The first-order chi connectivity index (χ1) is 16.9. The van der Waals surface area contributed by atoms with E-state index in [2.05, 4.69) is 22.5 Å². The summed E-state index contributed by atoms with van der Waals surface area (Å²) in [4.78, 5) is 38.5. The van der Waals surface area contributed by atoms with E-state index in [9.17, 15) is 19.5 Å². The van der Waals surface area contributed by atoms with Gasteiger partial charge < -0.3 is 14.7 Å². The lowest BCUT2D eigenvalue weighted by Gasteiger charge is -2.32. The van der Waals surface area contributed by atoms with Crippen molar-refractivity contribution in [2.24, 2.45) is 7.05 Å². The molecule has 1 aliphatic heterocycles. The van der Waals surface area contributed by atoms with Gasteiger partial charge in [0.15, 0.2) is 5.82 Å². The van der Waals surface area contributed by atoms with Crippen molar-refractivity contribution in [3.05, 3.63) is 71.4 Å². The molecule has 35 heavy (non-hydrogen) atoms. The fourth-order valence-corrected chi connectivity index (χ4v) is 5.05. The second-order valence-electron chi connectivity index (χ2n) is 8.84. The van der Waals surface area contributed by atoms with Gasteiger partial charge in [0.1, 0.15) is 18.3 Å². The third-order valence-corrected chi connectivity index (χ3v) is 6.72. The number of hydrogen-bond donors (Lipinski definition) is 2. The van der Waals surface area contributed by atoms with Gasteiger partial charge in [-0.15, -0.1) is 0 Å². The summed E-state index contributed by atoms with van der Waals surface area (Å²) in [5, 5.41) is 16.3. The standard InChI is InChI=1S/C26H26N4O5/c1-29-22(24(31)30-13-7-6-12-21(30)25(32)33)14-23(28-29)27-26(34)35-15-20-18-10-4-2-8-16(18)17-9-3-5-11-19(17)20/h2-5,8-11,14,20-21H,6-7,12-13,15H2,1H3,(H,32,33)(H,27,28,34). The Morgan fingerprint density at radius 1 is 1.06 bits per heavy atom. The van der Waals surface area contributed by atoms with Crippen molar-refractivity contribution in [1.29, 1.82) is 0 Å². The Kier molecular flexibility index (Phi) is 5.98. The van der Waals surface area contributed by atoms with Gasteiger partial charge >= 0.3 is 12.1 Å². The molecule has 1 saturated heterocycles. The summed E-state index contributed by atoms with van der Waals surface area (Å²) in [7, 11) is 1.58. The quantitative estimate of drug-likeness (QED) is 0.581. The fourth-order valence-electron chi connectivity index (χ4n) is 5.05. The smallest absolute Gasteiger partial charge is 0.412 e. The van der Waals surface area contributed by atoms with Crippen LogP contribution >= 0.6 is 0 Å². The van der Waals surface area contributed by atoms with Crippen molar-refractivity contribution in [2.45, 2.75) is 31.2 Å². The number of nitrogens with zero attached hydrogens (tertiary/aromatic N) is 3. The van der Waals surface area contributed by atoms with Gasteiger partial charge in [-0.2, -0.15) is 5.10 Å². The van der Waals surface area contributed by atoms with Gasteiger partial charge in [0, 0.05) is 25.6 Å². The Morgan fingerprint density at radius 3 is 2.37 bits per heavy atom.